The van der Waals surface area contributed by atoms with Crippen molar-refractivity contribution in [1.29, 1.82) is 0 Å². The lowest BCUT2D eigenvalue weighted by molar-refractivity contribution is -0.138. The monoisotopic (exact) mass is 372 g/mol. The largest absolute Gasteiger partial charge is 0.511 e. The summed E-state index contributed by atoms with van der Waals surface area (Å²) in [7, 11) is 0. The fourth-order valence-electron chi connectivity index (χ4n) is 3.18. The van der Waals surface area contributed by atoms with E-state index < -0.39 is 24.3 Å². The highest BCUT2D eigenvalue weighted by molar-refractivity contribution is 6.19. The van der Waals surface area contributed by atoms with E-state index in [-0.39, 0.29) is 17.8 Å². The quantitative estimate of drug-likeness (QED) is 0.603. The molecule has 1 heterocycles. The molecule has 1 aromatic rings. The zero-order chi connectivity index (χ0) is 19.4. The third-order valence-electron chi connectivity index (χ3n) is 4.97. The molecule has 0 aromatic heterocycles. The van der Waals surface area contributed by atoms with Gasteiger partial charge in [-0.05, 0) is 29.9 Å². The van der Waals surface area contributed by atoms with E-state index in [1.165, 1.54) is 29.7 Å². The third-order valence-corrected chi connectivity index (χ3v) is 4.97. The molecule has 0 spiro atoms. The summed E-state index contributed by atoms with van der Waals surface area (Å²) in [5, 5.41) is 20.7. The summed E-state index contributed by atoms with van der Waals surface area (Å²) in [5.41, 5.74) is 1.86. The SMILES string of the molecule is O=C(O)CNC(=O)C1=C(O)CCN(Cc2ccc(CCC3CC3)cc2)C1=O. The summed E-state index contributed by atoms with van der Waals surface area (Å²) in [6.45, 7) is 0.0414. The van der Waals surface area contributed by atoms with Crippen molar-refractivity contribution in [3.8, 4) is 0 Å². The highest BCUT2D eigenvalue weighted by Crippen LogP contribution is 2.33. The minimum absolute atomic E-state index is 0.168. The molecule has 0 radical (unpaired) electrons. The van der Waals surface area contributed by atoms with Gasteiger partial charge in [0.2, 0.25) is 0 Å². The Morgan fingerprint density at radius 3 is 2.44 bits per heavy atom. The van der Waals surface area contributed by atoms with Crippen molar-refractivity contribution in [3.63, 3.8) is 0 Å². The van der Waals surface area contributed by atoms with Gasteiger partial charge in [0.15, 0.2) is 0 Å². The van der Waals surface area contributed by atoms with Crippen LogP contribution in [0.3, 0.4) is 0 Å². The lowest BCUT2D eigenvalue weighted by Crippen LogP contribution is -2.43. The first kappa shape index (κ1) is 18.9. The van der Waals surface area contributed by atoms with Crippen molar-refractivity contribution >= 4 is 17.8 Å². The summed E-state index contributed by atoms with van der Waals surface area (Å²) in [4.78, 5) is 36.7. The molecule has 7 heteroatoms. The van der Waals surface area contributed by atoms with Gasteiger partial charge in [-0.25, -0.2) is 0 Å². The van der Waals surface area contributed by atoms with Gasteiger partial charge in [-0.3, -0.25) is 14.4 Å². The number of rotatable bonds is 8. The number of nitrogens with zero attached hydrogens (tertiary/aromatic N) is 1. The smallest absolute Gasteiger partial charge is 0.322 e. The fourth-order valence-corrected chi connectivity index (χ4v) is 3.18. The summed E-state index contributed by atoms with van der Waals surface area (Å²) in [5.74, 6) is -2.07. The number of hydrogen-bond acceptors (Lipinski definition) is 4. The Morgan fingerprint density at radius 1 is 1.15 bits per heavy atom. The number of benzene rings is 1. The van der Waals surface area contributed by atoms with Crippen molar-refractivity contribution in [2.24, 2.45) is 5.92 Å². The number of aliphatic carboxylic acids is 1. The van der Waals surface area contributed by atoms with Crippen LogP contribution >= 0.6 is 0 Å². The van der Waals surface area contributed by atoms with Crippen LogP contribution in [0, 0.1) is 5.92 Å². The van der Waals surface area contributed by atoms with Crippen LogP contribution in [-0.4, -0.2) is 46.0 Å². The Balaban J connectivity index is 1.60. The van der Waals surface area contributed by atoms with Crippen molar-refractivity contribution in [1.82, 2.24) is 10.2 Å². The van der Waals surface area contributed by atoms with Gasteiger partial charge in [-0.2, -0.15) is 0 Å². The molecule has 0 bridgehead atoms. The van der Waals surface area contributed by atoms with Crippen molar-refractivity contribution in [2.45, 2.75) is 38.6 Å². The predicted octanol–water partition coefficient (Wildman–Crippen LogP) is 1.77. The molecular formula is C20H24N2O5. The van der Waals surface area contributed by atoms with Gasteiger partial charge in [0.25, 0.3) is 11.8 Å². The average Bonchev–Trinajstić information content (AvgIpc) is 3.46. The second-order valence-corrected chi connectivity index (χ2v) is 7.17. The number of carboxylic acid groups (broad SMARTS) is 1. The maximum Gasteiger partial charge on any atom is 0.322 e. The number of hydrogen-bond donors (Lipinski definition) is 3. The number of aliphatic hydroxyl groups excluding tert-OH is 1. The number of carboxylic acids is 1. The third kappa shape index (κ3) is 5.09. The number of aryl methyl sites for hydroxylation is 1. The van der Waals surface area contributed by atoms with Crippen LogP contribution in [0.4, 0.5) is 0 Å². The van der Waals surface area contributed by atoms with E-state index in [0.29, 0.717) is 13.1 Å². The number of carbonyl (C=O) groups excluding carboxylic acids is 2. The molecule has 0 atom stereocenters. The maximum atomic E-state index is 12.6. The van der Waals surface area contributed by atoms with E-state index in [1.807, 2.05) is 12.1 Å². The molecule has 2 aliphatic rings. The first-order valence-electron chi connectivity index (χ1n) is 9.23. The molecule has 3 rings (SSSR count). The molecule has 1 fully saturated rings. The maximum absolute atomic E-state index is 12.6. The molecule has 3 N–H and O–H groups in total. The summed E-state index contributed by atoms with van der Waals surface area (Å²) < 4.78 is 0. The summed E-state index contributed by atoms with van der Waals surface area (Å²) in [6.07, 6.45) is 5.15. The normalized spacial score (nSPS) is 17.2. The predicted molar refractivity (Wildman–Crippen MR) is 97.8 cm³/mol. The van der Waals surface area contributed by atoms with Gasteiger partial charge in [0.05, 0.1) is 0 Å². The summed E-state index contributed by atoms with van der Waals surface area (Å²) >= 11 is 0. The molecule has 7 nitrogen and oxygen atoms in total. The first-order chi connectivity index (χ1) is 12.9. The van der Waals surface area contributed by atoms with E-state index in [4.69, 9.17) is 5.11 Å². The molecule has 144 valence electrons. The lowest BCUT2D eigenvalue weighted by atomic mass is 10.0. The zero-order valence-corrected chi connectivity index (χ0v) is 15.1. The van der Waals surface area contributed by atoms with Crippen LogP contribution in [-0.2, 0) is 27.3 Å². The zero-order valence-electron chi connectivity index (χ0n) is 15.1. The first-order valence-corrected chi connectivity index (χ1v) is 9.23. The number of carbonyl (C=O) groups is 3. The molecule has 1 aliphatic carbocycles. The molecule has 0 saturated heterocycles. The van der Waals surface area contributed by atoms with Crippen LogP contribution in [0.1, 0.15) is 36.8 Å². The minimum atomic E-state index is -1.22. The highest BCUT2D eigenvalue weighted by Gasteiger charge is 2.32. The van der Waals surface area contributed by atoms with E-state index in [1.54, 1.807) is 0 Å². The van der Waals surface area contributed by atoms with Crippen molar-refractivity contribution < 1.29 is 24.6 Å². The van der Waals surface area contributed by atoms with E-state index >= 15 is 0 Å². The number of nitrogens with one attached hydrogen (secondary N) is 1. The molecule has 27 heavy (non-hydrogen) atoms. The standard InChI is InChI=1S/C20H24N2O5/c23-16-9-10-22(20(27)18(16)19(26)21-11-17(24)25)12-15-7-5-14(6-8-15)4-3-13-1-2-13/h5-8,13,23H,1-4,9-12H2,(H,21,26)(H,24,25). The second kappa shape index (κ2) is 8.24. The molecule has 1 aromatic carbocycles. The molecular weight excluding hydrogens is 348 g/mol. The van der Waals surface area contributed by atoms with Crippen LogP contribution in [0.2, 0.25) is 0 Å². The Labute approximate surface area is 157 Å². The Kier molecular flexibility index (Phi) is 5.78. The van der Waals surface area contributed by atoms with E-state index in [2.05, 4.69) is 17.4 Å². The van der Waals surface area contributed by atoms with Gasteiger partial charge in [-0.1, -0.05) is 37.1 Å². The summed E-state index contributed by atoms with van der Waals surface area (Å²) in [6, 6.07) is 8.11. The highest BCUT2D eigenvalue weighted by atomic mass is 16.4. The number of aliphatic hydroxyl groups is 1. The van der Waals surface area contributed by atoms with Gasteiger partial charge in [-0.15, -0.1) is 0 Å². The van der Waals surface area contributed by atoms with Crippen LogP contribution < -0.4 is 5.32 Å². The Bertz CT molecular complexity index is 765. The van der Waals surface area contributed by atoms with Gasteiger partial charge >= 0.3 is 5.97 Å². The van der Waals surface area contributed by atoms with Crippen LogP contribution in [0.25, 0.3) is 0 Å². The Hall–Kier alpha value is -2.83. The van der Waals surface area contributed by atoms with Crippen LogP contribution in [0.5, 0.6) is 0 Å². The van der Waals surface area contributed by atoms with Gasteiger partial charge in [0, 0.05) is 19.5 Å². The Morgan fingerprint density at radius 2 is 1.81 bits per heavy atom. The minimum Gasteiger partial charge on any atom is -0.511 e. The van der Waals surface area contributed by atoms with E-state index in [0.717, 1.165) is 17.9 Å². The van der Waals surface area contributed by atoms with Crippen molar-refractivity contribution in [2.75, 3.05) is 13.1 Å². The van der Waals surface area contributed by atoms with Crippen molar-refractivity contribution in [3.05, 3.63) is 46.7 Å². The molecule has 0 unspecified atom stereocenters. The van der Waals surface area contributed by atoms with Gasteiger partial charge < -0.3 is 20.4 Å². The fraction of sp³-hybridized carbons (Fsp3) is 0.450. The topological polar surface area (TPSA) is 107 Å². The molecule has 1 saturated carbocycles. The molecule has 1 aliphatic heterocycles. The second-order valence-electron chi connectivity index (χ2n) is 7.17. The lowest BCUT2D eigenvalue weighted by Gasteiger charge is -2.28. The van der Waals surface area contributed by atoms with Gasteiger partial charge in [0.1, 0.15) is 17.9 Å². The van der Waals surface area contributed by atoms with Crippen LogP contribution in [0.15, 0.2) is 35.6 Å². The van der Waals surface area contributed by atoms with E-state index in [9.17, 15) is 19.5 Å². The number of amides is 2. The molecule has 2 amide bonds. The average molecular weight is 372 g/mol.